The van der Waals surface area contributed by atoms with Crippen LogP contribution in [0.4, 0.5) is 0 Å². The summed E-state index contributed by atoms with van der Waals surface area (Å²) in [6.45, 7) is 6.92. The molecule has 0 aliphatic carbocycles. The summed E-state index contributed by atoms with van der Waals surface area (Å²) in [6, 6.07) is 13.0. The fourth-order valence-electron chi connectivity index (χ4n) is 2.48. The zero-order valence-electron chi connectivity index (χ0n) is 13.9. The molecular formula is C20H21Cl2NO. The molecule has 0 unspecified atom stereocenters. The van der Waals surface area contributed by atoms with Gasteiger partial charge in [-0.25, -0.2) is 0 Å². The maximum Gasteiger partial charge on any atom is 0.186 e. The number of ketones is 1. The Kier molecular flexibility index (Phi) is 7.04. The molecule has 0 amide bonds. The molecule has 4 heteroatoms. The van der Waals surface area contributed by atoms with Crippen molar-refractivity contribution in [3.8, 4) is 0 Å². The van der Waals surface area contributed by atoms with Gasteiger partial charge >= 0.3 is 0 Å². The number of nitrogens with zero attached hydrogens (tertiary/aromatic N) is 1. The van der Waals surface area contributed by atoms with Crippen LogP contribution in [0, 0.1) is 0 Å². The maximum absolute atomic E-state index is 12.6. The highest BCUT2D eigenvalue weighted by atomic mass is 35.5. The van der Waals surface area contributed by atoms with Crippen LogP contribution < -0.4 is 0 Å². The second-order valence-electron chi connectivity index (χ2n) is 5.48. The Morgan fingerprint density at radius 2 is 1.79 bits per heavy atom. The fraction of sp³-hybridized carbons (Fsp3) is 0.250. The van der Waals surface area contributed by atoms with E-state index in [1.165, 1.54) is 0 Å². The number of hydrogen-bond acceptors (Lipinski definition) is 2. The van der Waals surface area contributed by atoms with E-state index in [2.05, 4.69) is 18.7 Å². The molecule has 0 radical (unpaired) electrons. The molecule has 0 atom stereocenters. The van der Waals surface area contributed by atoms with E-state index in [1.807, 2.05) is 24.3 Å². The summed E-state index contributed by atoms with van der Waals surface area (Å²) < 4.78 is 0. The van der Waals surface area contributed by atoms with Crippen molar-refractivity contribution in [2.75, 3.05) is 13.1 Å². The van der Waals surface area contributed by atoms with Gasteiger partial charge in [-0.2, -0.15) is 0 Å². The minimum absolute atomic E-state index is 0.0243. The van der Waals surface area contributed by atoms with Crippen LogP contribution in [0.25, 0.3) is 6.08 Å². The number of allylic oxidation sites excluding steroid dienone is 1. The summed E-state index contributed by atoms with van der Waals surface area (Å²) in [7, 11) is 0. The van der Waals surface area contributed by atoms with Gasteiger partial charge in [-0.05, 0) is 48.5 Å². The van der Waals surface area contributed by atoms with E-state index in [0.717, 1.165) is 36.3 Å². The first-order valence-electron chi connectivity index (χ1n) is 8.02. The SMILES string of the molecule is CCN(CC)Cc1ccccc1C(=O)C=Cc1ccc(Cl)cc1Cl. The zero-order chi connectivity index (χ0) is 17.5. The molecule has 0 bridgehead atoms. The van der Waals surface area contributed by atoms with E-state index in [4.69, 9.17) is 23.2 Å². The number of hydrogen-bond donors (Lipinski definition) is 0. The van der Waals surface area contributed by atoms with Crippen molar-refractivity contribution < 1.29 is 4.79 Å². The van der Waals surface area contributed by atoms with Gasteiger partial charge in [-0.1, -0.05) is 67.4 Å². The smallest absolute Gasteiger partial charge is 0.186 e. The summed E-state index contributed by atoms with van der Waals surface area (Å²) in [5.41, 5.74) is 2.54. The van der Waals surface area contributed by atoms with Gasteiger partial charge in [0, 0.05) is 22.2 Å². The third-order valence-corrected chi connectivity index (χ3v) is 4.51. The van der Waals surface area contributed by atoms with Crippen LogP contribution in [0.15, 0.2) is 48.5 Å². The Labute approximate surface area is 153 Å². The molecular weight excluding hydrogens is 341 g/mol. The van der Waals surface area contributed by atoms with Crippen LogP contribution in [0.2, 0.25) is 10.0 Å². The molecule has 0 spiro atoms. The Bertz CT molecular complexity index is 736. The highest BCUT2D eigenvalue weighted by molar-refractivity contribution is 6.35. The largest absolute Gasteiger partial charge is 0.300 e. The fourth-order valence-corrected chi connectivity index (χ4v) is 2.95. The van der Waals surface area contributed by atoms with Gasteiger partial charge in [0.1, 0.15) is 0 Å². The lowest BCUT2D eigenvalue weighted by Crippen LogP contribution is -2.23. The average molecular weight is 362 g/mol. The molecule has 0 fully saturated rings. The van der Waals surface area contributed by atoms with Crippen LogP contribution in [0.1, 0.15) is 35.3 Å². The summed E-state index contributed by atoms with van der Waals surface area (Å²) in [5.74, 6) is -0.0243. The second-order valence-corrected chi connectivity index (χ2v) is 6.33. The van der Waals surface area contributed by atoms with Crippen LogP contribution >= 0.6 is 23.2 Å². The van der Waals surface area contributed by atoms with Crippen molar-refractivity contribution in [3.63, 3.8) is 0 Å². The van der Waals surface area contributed by atoms with Gasteiger partial charge in [0.15, 0.2) is 5.78 Å². The van der Waals surface area contributed by atoms with Crippen molar-refractivity contribution in [1.29, 1.82) is 0 Å². The second kappa shape index (κ2) is 9.03. The maximum atomic E-state index is 12.6. The predicted octanol–water partition coefficient (Wildman–Crippen LogP) is 5.73. The first kappa shape index (κ1) is 18.7. The Morgan fingerprint density at radius 3 is 2.46 bits per heavy atom. The van der Waals surface area contributed by atoms with Crippen molar-refractivity contribution in [2.45, 2.75) is 20.4 Å². The minimum atomic E-state index is -0.0243. The monoisotopic (exact) mass is 361 g/mol. The van der Waals surface area contributed by atoms with Gasteiger partial charge in [-0.15, -0.1) is 0 Å². The van der Waals surface area contributed by atoms with E-state index in [-0.39, 0.29) is 5.78 Å². The van der Waals surface area contributed by atoms with Gasteiger partial charge in [0.05, 0.1) is 0 Å². The first-order valence-corrected chi connectivity index (χ1v) is 8.78. The molecule has 0 aromatic heterocycles. The van der Waals surface area contributed by atoms with E-state index >= 15 is 0 Å². The molecule has 2 aromatic rings. The van der Waals surface area contributed by atoms with Crippen molar-refractivity contribution in [2.24, 2.45) is 0 Å². The molecule has 126 valence electrons. The zero-order valence-corrected chi connectivity index (χ0v) is 15.4. The lowest BCUT2D eigenvalue weighted by molar-refractivity contribution is 0.104. The number of rotatable bonds is 7. The van der Waals surface area contributed by atoms with E-state index in [0.29, 0.717) is 10.0 Å². The number of benzene rings is 2. The van der Waals surface area contributed by atoms with Crippen molar-refractivity contribution >= 4 is 35.1 Å². The molecule has 2 nitrogen and oxygen atoms in total. The predicted molar refractivity (Wildman–Crippen MR) is 103 cm³/mol. The third kappa shape index (κ3) is 4.94. The molecule has 2 rings (SSSR count). The van der Waals surface area contributed by atoms with Crippen molar-refractivity contribution in [3.05, 3.63) is 75.3 Å². The van der Waals surface area contributed by atoms with Gasteiger partial charge < -0.3 is 0 Å². The van der Waals surface area contributed by atoms with Crippen LogP contribution in [-0.2, 0) is 6.54 Å². The number of halogens is 2. The normalized spacial score (nSPS) is 11.4. The van der Waals surface area contributed by atoms with Gasteiger partial charge in [-0.3, -0.25) is 9.69 Å². The molecule has 0 N–H and O–H groups in total. The highest BCUT2D eigenvalue weighted by Gasteiger charge is 2.10. The van der Waals surface area contributed by atoms with E-state index < -0.39 is 0 Å². The Balaban J connectivity index is 2.22. The standard InChI is InChI=1S/C20H21Cl2NO/c1-3-23(4-2)14-16-7-5-6-8-18(16)20(24)12-10-15-9-11-17(21)13-19(15)22/h5-13H,3-4,14H2,1-2H3. The highest BCUT2D eigenvalue weighted by Crippen LogP contribution is 2.22. The number of carbonyl (C=O) groups is 1. The molecule has 24 heavy (non-hydrogen) atoms. The molecule has 2 aromatic carbocycles. The summed E-state index contributed by atoms with van der Waals surface area (Å²) in [4.78, 5) is 14.9. The molecule has 0 aliphatic rings. The Hall–Kier alpha value is -1.61. The summed E-state index contributed by atoms with van der Waals surface area (Å²) >= 11 is 12.0. The first-order chi connectivity index (χ1) is 11.5. The topological polar surface area (TPSA) is 20.3 Å². The summed E-state index contributed by atoms with van der Waals surface area (Å²) in [5, 5.41) is 1.11. The molecule has 0 saturated heterocycles. The molecule has 0 aliphatic heterocycles. The van der Waals surface area contributed by atoms with Gasteiger partial charge in [0.25, 0.3) is 0 Å². The average Bonchev–Trinajstić information content (AvgIpc) is 2.59. The Morgan fingerprint density at radius 1 is 1.08 bits per heavy atom. The quantitative estimate of drug-likeness (QED) is 0.463. The van der Waals surface area contributed by atoms with E-state index in [9.17, 15) is 4.79 Å². The molecule has 0 saturated carbocycles. The minimum Gasteiger partial charge on any atom is -0.300 e. The third-order valence-electron chi connectivity index (χ3n) is 3.95. The summed E-state index contributed by atoms with van der Waals surface area (Å²) in [6.07, 6.45) is 3.30. The van der Waals surface area contributed by atoms with Crippen molar-refractivity contribution in [1.82, 2.24) is 4.90 Å². The van der Waals surface area contributed by atoms with Crippen LogP contribution in [-0.4, -0.2) is 23.8 Å². The van der Waals surface area contributed by atoms with E-state index in [1.54, 1.807) is 30.4 Å². The van der Waals surface area contributed by atoms with Gasteiger partial charge in [0.2, 0.25) is 0 Å². The molecule has 0 heterocycles. The van der Waals surface area contributed by atoms with Crippen LogP contribution in [0.5, 0.6) is 0 Å². The lowest BCUT2D eigenvalue weighted by Gasteiger charge is -2.19. The number of carbonyl (C=O) groups excluding carboxylic acids is 1. The van der Waals surface area contributed by atoms with Crippen LogP contribution in [0.3, 0.4) is 0 Å². The lowest BCUT2D eigenvalue weighted by atomic mass is 10.0.